The van der Waals surface area contributed by atoms with Crippen LogP contribution in [-0.2, 0) is 11.2 Å². The number of Topliss-reactive ketones (excluding diaryl/α,β-unsaturated/α-hetero) is 1. The monoisotopic (exact) mass is 355 g/mol. The lowest BCUT2D eigenvalue weighted by Gasteiger charge is -2.30. The summed E-state index contributed by atoms with van der Waals surface area (Å²) in [5.41, 5.74) is 1.89. The van der Waals surface area contributed by atoms with E-state index in [-0.39, 0.29) is 30.4 Å². The predicted octanol–water partition coefficient (Wildman–Crippen LogP) is 3.31. The lowest BCUT2D eigenvalue weighted by molar-refractivity contribution is -0.132. The minimum Gasteiger partial charge on any atom is -0.343 e. The summed E-state index contributed by atoms with van der Waals surface area (Å²) in [4.78, 5) is 30.8. The fourth-order valence-electron chi connectivity index (χ4n) is 3.30. The number of aryl methyl sites for hydroxylation is 2. The largest absolute Gasteiger partial charge is 0.343 e. The molecular weight excluding hydrogens is 330 g/mol. The van der Waals surface area contributed by atoms with Gasteiger partial charge in [-0.05, 0) is 31.7 Å². The van der Waals surface area contributed by atoms with Crippen LogP contribution in [0.3, 0.4) is 0 Å². The number of likely N-dealkylation sites (tertiary alicyclic amines) is 1. The van der Waals surface area contributed by atoms with Crippen LogP contribution in [-0.4, -0.2) is 39.8 Å². The summed E-state index contributed by atoms with van der Waals surface area (Å²) in [5.74, 6) is 1.60. The molecule has 1 saturated heterocycles. The summed E-state index contributed by atoms with van der Waals surface area (Å²) in [6.07, 6.45) is 3.11. The van der Waals surface area contributed by atoms with Gasteiger partial charge in [0.2, 0.25) is 11.8 Å². The second-order valence-electron chi connectivity index (χ2n) is 6.81. The number of hydrogen-bond donors (Lipinski definition) is 0. The Labute approximate surface area is 153 Å². The Hall–Kier alpha value is -2.50. The molecule has 138 valence electrons. The zero-order valence-electron chi connectivity index (χ0n) is 15.4. The molecule has 0 aliphatic carbocycles. The molecule has 2 aromatic rings. The van der Waals surface area contributed by atoms with Crippen LogP contribution in [0.15, 0.2) is 28.8 Å². The maximum atomic E-state index is 12.4. The van der Waals surface area contributed by atoms with E-state index in [1.807, 2.05) is 29.2 Å². The Bertz CT molecular complexity index is 759. The van der Waals surface area contributed by atoms with Crippen LogP contribution in [0.2, 0.25) is 0 Å². The SMILES string of the molecule is CCc1ccc(C(=O)CCC(=O)N2CCC(c3nc(C)no3)CC2)cc1. The standard InChI is InChI=1S/C20H25N3O3/c1-3-15-4-6-16(7-5-15)18(24)8-9-19(25)23-12-10-17(11-13-23)20-21-14(2)22-26-20/h4-7,17H,3,8-13H2,1-2H3. The van der Waals surface area contributed by atoms with Crippen LogP contribution in [0.25, 0.3) is 0 Å². The summed E-state index contributed by atoms with van der Waals surface area (Å²) in [5, 5.41) is 3.83. The predicted molar refractivity (Wildman–Crippen MR) is 97.0 cm³/mol. The van der Waals surface area contributed by atoms with E-state index >= 15 is 0 Å². The number of piperidine rings is 1. The first-order chi connectivity index (χ1) is 12.6. The minimum atomic E-state index is 0.0252. The summed E-state index contributed by atoms with van der Waals surface area (Å²) in [7, 11) is 0. The van der Waals surface area contributed by atoms with Gasteiger partial charge >= 0.3 is 0 Å². The molecule has 0 radical (unpaired) electrons. The second kappa shape index (κ2) is 8.25. The molecule has 0 N–H and O–H groups in total. The molecule has 1 aliphatic rings. The molecule has 1 aromatic carbocycles. The highest BCUT2D eigenvalue weighted by Gasteiger charge is 2.27. The summed E-state index contributed by atoms with van der Waals surface area (Å²) >= 11 is 0. The third-order valence-electron chi connectivity index (χ3n) is 4.99. The van der Waals surface area contributed by atoms with E-state index in [4.69, 9.17) is 4.52 Å². The first kappa shape index (κ1) is 18.3. The average molecular weight is 355 g/mol. The number of benzene rings is 1. The van der Waals surface area contributed by atoms with Gasteiger partial charge in [-0.1, -0.05) is 36.3 Å². The van der Waals surface area contributed by atoms with Gasteiger partial charge < -0.3 is 9.42 Å². The molecule has 1 aromatic heterocycles. The topological polar surface area (TPSA) is 76.3 Å². The molecule has 1 aliphatic heterocycles. The van der Waals surface area contributed by atoms with E-state index in [1.54, 1.807) is 6.92 Å². The van der Waals surface area contributed by atoms with Gasteiger partial charge in [-0.2, -0.15) is 4.98 Å². The average Bonchev–Trinajstić information content (AvgIpc) is 3.12. The molecule has 0 unspecified atom stereocenters. The highest BCUT2D eigenvalue weighted by atomic mass is 16.5. The molecule has 2 heterocycles. The zero-order valence-corrected chi connectivity index (χ0v) is 15.4. The van der Waals surface area contributed by atoms with Gasteiger partial charge in [0.05, 0.1) is 0 Å². The molecule has 0 atom stereocenters. The molecule has 0 saturated carbocycles. The van der Waals surface area contributed by atoms with Gasteiger partial charge in [0.25, 0.3) is 0 Å². The fourth-order valence-corrected chi connectivity index (χ4v) is 3.30. The van der Waals surface area contributed by atoms with Crippen molar-refractivity contribution in [1.82, 2.24) is 15.0 Å². The lowest BCUT2D eigenvalue weighted by Crippen LogP contribution is -2.38. The van der Waals surface area contributed by atoms with Crippen molar-refractivity contribution < 1.29 is 14.1 Å². The van der Waals surface area contributed by atoms with Crippen molar-refractivity contribution >= 4 is 11.7 Å². The molecule has 1 fully saturated rings. The van der Waals surface area contributed by atoms with Gasteiger partial charge in [-0.15, -0.1) is 0 Å². The maximum Gasteiger partial charge on any atom is 0.229 e. The molecular formula is C20H25N3O3. The smallest absolute Gasteiger partial charge is 0.229 e. The minimum absolute atomic E-state index is 0.0252. The number of aromatic nitrogens is 2. The van der Waals surface area contributed by atoms with Crippen LogP contribution in [0, 0.1) is 6.92 Å². The second-order valence-corrected chi connectivity index (χ2v) is 6.81. The third kappa shape index (κ3) is 4.36. The van der Waals surface area contributed by atoms with E-state index in [2.05, 4.69) is 17.1 Å². The molecule has 1 amide bonds. The van der Waals surface area contributed by atoms with E-state index in [0.29, 0.717) is 30.4 Å². The summed E-state index contributed by atoms with van der Waals surface area (Å²) < 4.78 is 5.23. The number of amides is 1. The molecule has 0 spiro atoms. The van der Waals surface area contributed by atoms with E-state index in [9.17, 15) is 9.59 Å². The van der Waals surface area contributed by atoms with Crippen LogP contribution in [0.4, 0.5) is 0 Å². The fraction of sp³-hybridized carbons (Fsp3) is 0.500. The number of nitrogens with zero attached hydrogens (tertiary/aromatic N) is 3. The lowest BCUT2D eigenvalue weighted by atomic mass is 9.96. The highest BCUT2D eigenvalue weighted by molar-refractivity contribution is 5.98. The van der Waals surface area contributed by atoms with Gasteiger partial charge in [0, 0.05) is 37.4 Å². The molecule has 26 heavy (non-hydrogen) atoms. The van der Waals surface area contributed by atoms with Crippen molar-refractivity contribution in [1.29, 1.82) is 0 Å². The first-order valence-corrected chi connectivity index (χ1v) is 9.27. The van der Waals surface area contributed by atoms with Gasteiger partial charge in [-0.25, -0.2) is 0 Å². The van der Waals surface area contributed by atoms with Crippen LogP contribution >= 0.6 is 0 Å². The van der Waals surface area contributed by atoms with Crippen molar-refractivity contribution in [3.63, 3.8) is 0 Å². The number of carbonyl (C=O) groups excluding carboxylic acids is 2. The molecule has 6 nitrogen and oxygen atoms in total. The number of ketones is 1. The Morgan fingerprint density at radius 3 is 2.42 bits per heavy atom. The Morgan fingerprint density at radius 2 is 1.85 bits per heavy atom. The van der Waals surface area contributed by atoms with Gasteiger partial charge in [0.1, 0.15) is 0 Å². The maximum absolute atomic E-state index is 12.4. The first-order valence-electron chi connectivity index (χ1n) is 9.27. The Kier molecular flexibility index (Phi) is 5.81. The summed E-state index contributed by atoms with van der Waals surface area (Å²) in [6, 6.07) is 7.64. The summed E-state index contributed by atoms with van der Waals surface area (Å²) in [6.45, 7) is 5.23. The van der Waals surface area contributed by atoms with Crippen LogP contribution in [0.5, 0.6) is 0 Å². The number of rotatable bonds is 6. The van der Waals surface area contributed by atoms with Crippen molar-refractivity contribution in [2.45, 2.75) is 51.9 Å². The highest BCUT2D eigenvalue weighted by Crippen LogP contribution is 2.27. The van der Waals surface area contributed by atoms with Crippen molar-refractivity contribution in [3.8, 4) is 0 Å². The quantitative estimate of drug-likeness (QED) is 0.743. The van der Waals surface area contributed by atoms with Gasteiger partial charge in [0.15, 0.2) is 11.6 Å². The van der Waals surface area contributed by atoms with E-state index in [0.717, 1.165) is 19.3 Å². The molecule has 0 bridgehead atoms. The Morgan fingerprint density at radius 1 is 1.15 bits per heavy atom. The third-order valence-corrected chi connectivity index (χ3v) is 4.99. The molecule has 3 rings (SSSR count). The van der Waals surface area contributed by atoms with Crippen molar-refractivity contribution in [2.24, 2.45) is 0 Å². The van der Waals surface area contributed by atoms with Crippen molar-refractivity contribution in [3.05, 3.63) is 47.1 Å². The van der Waals surface area contributed by atoms with Crippen molar-refractivity contribution in [2.75, 3.05) is 13.1 Å². The number of carbonyl (C=O) groups is 2. The normalized spacial score (nSPS) is 15.2. The van der Waals surface area contributed by atoms with E-state index in [1.165, 1.54) is 5.56 Å². The van der Waals surface area contributed by atoms with E-state index < -0.39 is 0 Å². The zero-order chi connectivity index (χ0) is 18.5. The number of hydrogen-bond acceptors (Lipinski definition) is 5. The van der Waals surface area contributed by atoms with Crippen LogP contribution < -0.4 is 0 Å². The van der Waals surface area contributed by atoms with Gasteiger partial charge in [-0.3, -0.25) is 9.59 Å². The molecule has 6 heteroatoms. The Balaban J connectivity index is 1.46. The van der Waals surface area contributed by atoms with Crippen LogP contribution in [0.1, 0.15) is 66.2 Å².